The first-order valence-electron chi connectivity index (χ1n) is 5.48. The molecule has 0 bridgehead atoms. The van der Waals surface area contributed by atoms with Crippen LogP contribution in [0.2, 0.25) is 0 Å². The van der Waals surface area contributed by atoms with Gasteiger partial charge in [0.2, 0.25) is 0 Å². The van der Waals surface area contributed by atoms with Crippen LogP contribution in [0.3, 0.4) is 0 Å². The summed E-state index contributed by atoms with van der Waals surface area (Å²) in [5.74, 6) is -0.149. The number of hydrogen-bond donors (Lipinski definition) is 0. The zero-order valence-electron chi connectivity index (χ0n) is 10.1. The SMILES string of the molecule is CC(C)OC(=O)CN(C)CCc1cccs1. The first kappa shape index (κ1) is 13.2. The van der Waals surface area contributed by atoms with E-state index in [2.05, 4.69) is 11.4 Å². The Bertz CT molecular complexity index is 309. The number of esters is 1. The molecule has 0 aliphatic rings. The predicted molar refractivity (Wildman–Crippen MR) is 66.7 cm³/mol. The van der Waals surface area contributed by atoms with Gasteiger partial charge in [-0.25, -0.2) is 0 Å². The fourth-order valence-electron chi connectivity index (χ4n) is 1.36. The summed E-state index contributed by atoms with van der Waals surface area (Å²) in [5, 5.41) is 2.07. The minimum Gasteiger partial charge on any atom is -0.462 e. The molecular formula is C12H19NO2S. The fraction of sp³-hybridized carbons (Fsp3) is 0.583. The Hall–Kier alpha value is -0.870. The van der Waals surface area contributed by atoms with Crippen molar-refractivity contribution in [2.75, 3.05) is 20.1 Å². The second-order valence-corrected chi connectivity index (χ2v) is 5.14. The van der Waals surface area contributed by atoms with Gasteiger partial charge in [-0.05, 0) is 38.8 Å². The van der Waals surface area contributed by atoms with Gasteiger partial charge in [-0.2, -0.15) is 0 Å². The maximum atomic E-state index is 11.4. The Morgan fingerprint density at radius 3 is 2.88 bits per heavy atom. The summed E-state index contributed by atoms with van der Waals surface area (Å²) in [6.45, 7) is 4.98. The third kappa shape index (κ3) is 5.28. The van der Waals surface area contributed by atoms with Crippen molar-refractivity contribution in [2.24, 2.45) is 0 Å². The number of ether oxygens (including phenoxy) is 1. The Morgan fingerprint density at radius 1 is 1.56 bits per heavy atom. The zero-order chi connectivity index (χ0) is 12.0. The number of hydrogen-bond acceptors (Lipinski definition) is 4. The lowest BCUT2D eigenvalue weighted by molar-refractivity contribution is -0.148. The Morgan fingerprint density at radius 2 is 2.31 bits per heavy atom. The Labute approximate surface area is 101 Å². The molecule has 1 rings (SSSR count). The fourth-order valence-corrected chi connectivity index (χ4v) is 2.05. The molecule has 0 amide bonds. The molecule has 0 fully saturated rings. The van der Waals surface area contributed by atoms with Crippen LogP contribution in [0.1, 0.15) is 18.7 Å². The second kappa shape index (κ2) is 6.66. The van der Waals surface area contributed by atoms with Crippen LogP contribution in [0.15, 0.2) is 17.5 Å². The lowest BCUT2D eigenvalue weighted by Crippen LogP contribution is -2.30. The summed E-state index contributed by atoms with van der Waals surface area (Å²) >= 11 is 1.75. The number of thiophene rings is 1. The number of carbonyl (C=O) groups is 1. The molecule has 0 radical (unpaired) electrons. The maximum Gasteiger partial charge on any atom is 0.320 e. The Balaban J connectivity index is 2.20. The van der Waals surface area contributed by atoms with E-state index < -0.39 is 0 Å². The standard InChI is InChI=1S/C12H19NO2S/c1-10(2)15-12(14)9-13(3)7-6-11-5-4-8-16-11/h4-5,8,10H,6-7,9H2,1-3H3. The molecule has 0 aliphatic heterocycles. The van der Waals surface area contributed by atoms with Crippen molar-refractivity contribution in [3.05, 3.63) is 22.4 Å². The van der Waals surface area contributed by atoms with Crippen LogP contribution in [0, 0.1) is 0 Å². The average molecular weight is 241 g/mol. The van der Waals surface area contributed by atoms with Crippen LogP contribution in [-0.2, 0) is 16.0 Å². The van der Waals surface area contributed by atoms with Gasteiger partial charge in [0, 0.05) is 11.4 Å². The van der Waals surface area contributed by atoms with E-state index in [0.717, 1.165) is 13.0 Å². The zero-order valence-corrected chi connectivity index (χ0v) is 10.9. The van der Waals surface area contributed by atoms with Crippen molar-refractivity contribution >= 4 is 17.3 Å². The second-order valence-electron chi connectivity index (χ2n) is 4.11. The summed E-state index contributed by atoms with van der Waals surface area (Å²) < 4.78 is 5.08. The van der Waals surface area contributed by atoms with Crippen molar-refractivity contribution in [1.29, 1.82) is 0 Å². The number of rotatable bonds is 6. The van der Waals surface area contributed by atoms with Crippen LogP contribution in [0.25, 0.3) is 0 Å². The van der Waals surface area contributed by atoms with E-state index in [1.807, 2.05) is 31.9 Å². The van der Waals surface area contributed by atoms with Crippen LogP contribution in [-0.4, -0.2) is 37.1 Å². The molecule has 0 saturated heterocycles. The van der Waals surface area contributed by atoms with Crippen LogP contribution in [0.4, 0.5) is 0 Å². The van der Waals surface area contributed by atoms with E-state index in [0.29, 0.717) is 6.54 Å². The summed E-state index contributed by atoms with van der Waals surface area (Å²) in [7, 11) is 1.94. The van der Waals surface area contributed by atoms with Crippen LogP contribution in [0.5, 0.6) is 0 Å². The van der Waals surface area contributed by atoms with E-state index >= 15 is 0 Å². The molecule has 0 aromatic carbocycles. The first-order chi connectivity index (χ1) is 7.58. The molecule has 4 heteroatoms. The molecule has 0 unspecified atom stereocenters. The van der Waals surface area contributed by atoms with Gasteiger partial charge in [-0.1, -0.05) is 6.07 Å². The largest absolute Gasteiger partial charge is 0.462 e. The average Bonchev–Trinajstić information content (AvgIpc) is 2.65. The maximum absolute atomic E-state index is 11.4. The third-order valence-corrected chi connectivity index (χ3v) is 3.02. The van der Waals surface area contributed by atoms with Gasteiger partial charge in [-0.3, -0.25) is 9.69 Å². The number of nitrogens with zero attached hydrogens (tertiary/aromatic N) is 1. The van der Waals surface area contributed by atoms with Crippen molar-refractivity contribution in [1.82, 2.24) is 4.90 Å². The number of likely N-dealkylation sites (N-methyl/N-ethyl adjacent to an activating group) is 1. The molecule has 1 aromatic heterocycles. The monoisotopic (exact) mass is 241 g/mol. The van der Waals surface area contributed by atoms with Crippen LogP contribution >= 0.6 is 11.3 Å². The molecule has 0 spiro atoms. The highest BCUT2D eigenvalue weighted by Crippen LogP contribution is 2.09. The predicted octanol–water partition coefficient (Wildman–Crippen LogP) is 2.17. The highest BCUT2D eigenvalue weighted by atomic mass is 32.1. The van der Waals surface area contributed by atoms with Crippen LogP contribution < -0.4 is 0 Å². The molecule has 0 aliphatic carbocycles. The van der Waals surface area contributed by atoms with Gasteiger partial charge in [0.15, 0.2) is 0 Å². The molecule has 3 nitrogen and oxygen atoms in total. The van der Waals surface area contributed by atoms with E-state index in [9.17, 15) is 4.79 Å². The minimum atomic E-state index is -0.149. The molecule has 0 N–H and O–H groups in total. The highest BCUT2D eigenvalue weighted by Gasteiger charge is 2.09. The summed E-state index contributed by atoms with van der Waals surface area (Å²) in [6, 6.07) is 4.16. The lowest BCUT2D eigenvalue weighted by atomic mass is 10.3. The molecule has 1 aromatic rings. The van der Waals surface area contributed by atoms with Crippen molar-refractivity contribution in [3.8, 4) is 0 Å². The third-order valence-electron chi connectivity index (χ3n) is 2.09. The Kier molecular flexibility index (Phi) is 5.49. The van der Waals surface area contributed by atoms with Gasteiger partial charge in [-0.15, -0.1) is 11.3 Å². The lowest BCUT2D eigenvalue weighted by Gasteiger charge is -2.16. The van der Waals surface area contributed by atoms with Gasteiger partial charge >= 0.3 is 5.97 Å². The van der Waals surface area contributed by atoms with Gasteiger partial charge in [0.05, 0.1) is 12.6 Å². The summed E-state index contributed by atoms with van der Waals surface area (Å²) in [6.07, 6.45) is 0.960. The quantitative estimate of drug-likeness (QED) is 0.715. The van der Waals surface area contributed by atoms with E-state index in [1.165, 1.54) is 4.88 Å². The number of carbonyl (C=O) groups excluding carboxylic acids is 1. The molecule has 16 heavy (non-hydrogen) atoms. The van der Waals surface area contributed by atoms with Gasteiger partial charge in [0.1, 0.15) is 0 Å². The van der Waals surface area contributed by atoms with Gasteiger partial charge in [0.25, 0.3) is 0 Å². The topological polar surface area (TPSA) is 29.5 Å². The van der Waals surface area contributed by atoms with Gasteiger partial charge < -0.3 is 4.74 Å². The normalized spacial score (nSPS) is 11.1. The first-order valence-corrected chi connectivity index (χ1v) is 6.36. The molecule has 0 saturated carbocycles. The van der Waals surface area contributed by atoms with E-state index in [-0.39, 0.29) is 12.1 Å². The highest BCUT2D eigenvalue weighted by molar-refractivity contribution is 7.09. The minimum absolute atomic E-state index is 0.0294. The molecule has 90 valence electrons. The summed E-state index contributed by atoms with van der Waals surface area (Å²) in [5.41, 5.74) is 0. The molecular weight excluding hydrogens is 222 g/mol. The van der Waals surface area contributed by atoms with E-state index in [4.69, 9.17) is 4.74 Å². The molecule has 1 heterocycles. The van der Waals surface area contributed by atoms with Crippen molar-refractivity contribution in [3.63, 3.8) is 0 Å². The molecule has 0 atom stereocenters. The van der Waals surface area contributed by atoms with E-state index in [1.54, 1.807) is 11.3 Å². The van der Waals surface area contributed by atoms with Crippen molar-refractivity contribution in [2.45, 2.75) is 26.4 Å². The van der Waals surface area contributed by atoms with Crippen molar-refractivity contribution < 1.29 is 9.53 Å². The summed E-state index contributed by atoms with van der Waals surface area (Å²) in [4.78, 5) is 14.7. The smallest absolute Gasteiger partial charge is 0.320 e.